The summed E-state index contributed by atoms with van der Waals surface area (Å²) in [7, 11) is 1.33. The molecule has 1 aromatic heterocycles. The van der Waals surface area contributed by atoms with Crippen LogP contribution < -0.4 is 10.4 Å². The third kappa shape index (κ3) is 2.32. The van der Waals surface area contributed by atoms with Crippen LogP contribution in [0, 0.1) is 10.1 Å². The minimum atomic E-state index is -1.49. The Balaban J connectivity index is 2.94. The number of aliphatic carboxylic acids is 1. The van der Waals surface area contributed by atoms with E-state index in [1.54, 1.807) is 0 Å². The normalized spacial score (nSPS) is 9.81. The van der Waals surface area contributed by atoms with Gasteiger partial charge in [0.25, 0.3) is 5.91 Å². The molecule has 1 aromatic rings. The molecule has 0 unspecified atom stereocenters. The summed E-state index contributed by atoms with van der Waals surface area (Å²) in [5.74, 6) is -2.38. The molecule has 16 heavy (non-hydrogen) atoms. The van der Waals surface area contributed by atoms with Crippen LogP contribution in [0.3, 0.4) is 0 Å². The van der Waals surface area contributed by atoms with E-state index < -0.39 is 29.0 Å². The van der Waals surface area contributed by atoms with Gasteiger partial charge in [-0.25, -0.2) is 0 Å². The number of rotatable bonds is 4. The van der Waals surface area contributed by atoms with Gasteiger partial charge in [0.1, 0.15) is 6.20 Å². The van der Waals surface area contributed by atoms with Gasteiger partial charge in [-0.1, -0.05) is 0 Å². The predicted octanol–water partition coefficient (Wildman–Crippen LogP) is -2.19. The first-order chi connectivity index (χ1) is 7.43. The second-order valence-electron chi connectivity index (χ2n) is 2.81. The maximum absolute atomic E-state index is 11.4. The van der Waals surface area contributed by atoms with Crippen LogP contribution in [0.4, 0.5) is 5.69 Å². The van der Waals surface area contributed by atoms with Gasteiger partial charge in [-0.05, 0) is 0 Å². The zero-order valence-corrected chi connectivity index (χ0v) is 8.17. The molecule has 0 fully saturated rings. The van der Waals surface area contributed by atoms with Gasteiger partial charge in [-0.15, -0.1) is 0 Å². The van der Waals surface area contributed by atoms with E-state index in [4.69, 9.17) is 0 Å². The average molecular weight is 227 g/mol. The largest absolute Gasteiger partial charge is 0.548 e. The molecule has 0 bridgehead atoms. The first kappa shape index (κ1) is 11.6. The molecule has 0 saturated heterocycles. The number of carbonyl (C=O) groups is 2. The zero-order valence-electron chi connectivity index (χ0n) is 8.17. The number of nitrogens with one attached hydrogen (secondary N) is 1. The molecule has 0 aliphatic carbocycles. The van der Waals surface area contributed by atoms with E-state index in [0.29, 0.717) is 0 Å². The number of nitrogens with zero attached hydrogens (tertiary/aromatic N) is 3. The van der Waals surface area contributed by atoms with Crippen LogP contribution in [0.25, 0.3) is 0 Å². The average Bonchev–Trinajstić information content (AvgIpc) is 2.56. The Labute approximate surface area is 88.8 Å². The molecular formula is C7H7N4O5-. The van der Waals surface area contributed by atoms with Crippen molar-refractivity contribution in [2.75, 3.05) is 6.54 Å². The smallest absolute Gasteiger partial charge is 0.320 e. The summed E-state index contributed by atoms with van der Waals surface area (Å²) >= 11 is 0. The Kier molecular flexibility index (Phi) is 3.18. The van der Waals surface area contributed by atoms with Crippen molar-refractivity contribution in [1.82, 2.24) is 15.1 Å². The monoisotopic (exact) mass is 227 g/mol. The third-order valence-electron chi connectivity index (χ3n) is 1.72. The molecule has 1 heterocycles. The van der Waals surface area contributed by atoms with Gasteiger partial charge in [0.05, 0.1) is 17.4 Å². The second-order valence-corrected chi connectivity index (χ2v) is 2.81. The number of aryl methyl sites for hydroxylation is 1. The highest BCUT2D eigenvalue weighted by Crippen LogP contribution is 2.16. The number of aromatic nitrogens is 2. The Morgan fingerprint density at radius 2 is 2.25 bits per heavy atom. The van der Waals surface area contributed by atoms with Crippen LogP contribution in [0.5, 0.6) is 0 Å². The van der Waals surface area contributed by atoms with E-state index in [1.165, 1.54) is 7.05 Å². The minimum absolute atomic E-state index is 0.314. The quantitative estimate of drug-likeness (QED) is 0.459. The van der Waals surface area contributed by atoms with E-state index in [1.807, 2.05) is 5.32 Å². The molecule has 0 spiro atoms. The Morgan fingerprint density at radius 1 is 1.62 bits per heavy atom. The van der Waals surface area contributed by atoms with Gasteiger partial charge < -0.3 is 15.2 Å². The van der Waals surface area contributed by atoms with Crippen molar-refractivity contribution < 1.29 is 19.6 Å². The van der Waals surface area contributed by atoms with Crippen molar-refractivity contribution in [3.63, 3.8) is 0 Å². The van der Waals surface area contributed by atoms with Gasteiger partial charge in [0.2, 0.25) is 5.69 Å². The molecule has 0 saturated carbocycles. The van der Waals surface area contributed by atoms with Crippen LogP contribution in [-0.4, -0.2) is 33.1 Å². The fourth-order valence-electron chi connectivity index (χ4n) is 1.06. The lowest BCUT2D eigenvalue weighted by Gasteiger charge is -2.05. The lowest BCUT2D eigenvalue weighted by Crippen LogP contribution is -2.38. The molecule has 9 nitrogen and oxygen atoms in total. The fourth-order valence-corrected chi connectivity index (χ4v) is 1.06. The predicted molar refractivity (Wildman–Crippen MR) is 47.2 cm³/mol. The maximum Gasteiger partial charge on any atom is 0.320 e. The van der Waals surface area contributed by atoms with Crippen molar-refractivity contribution in [2.24, 2.45) is 7.05 Å². The number of nitro groups is 1. The summed E-state index contributed by atoms with van der Waals surface area (Å²) in [5.41, 5.74) is -0.801. The number of carboxylic acids is 1. The van der Waals surface area contributed by atoms with E-state index in [9.17, 15) is 24.8 Å². The van der Waals surface area contributed by atoms with Crippen molar-refractivity contribution in [1.29, 1.82) is 0 Å². The molecule has 1 amide bonds. The summed E-state index contributed by atoms with van der Waals surface area (Å²) < 4.78 is 0.989. The number of hydrogen-bond donors (Lipinski definition) is 1. The van der Waals surface area contributed by atoms with Crippen LogP contribution >= 0.6 is 0 Å². The number of carbonyl (C=O) groups excluding carboxylic acids is 2. The van der Waals surface area contributed by atoms with Crippen LogP contribution in [-0.2, 0) is 11.8 Å². The number of carboxylic acid groups (broad SMARTS) is 1. The molecule has 1 rings (SSSR count). The van der Waals surface area contributed by atoms with Gasteiger partial charge in [-0.3, -0.25) is 19.6 Å². The van der Waals surface area contributed by atoms with E-state index in [2.05, 4.69) is 5.10 Å². The van der Waals surface area contributed by atoms with Gasteiger partial charge in [0.15, 0.2) is 0 Å². The van der Waals surface area contributed by atoms with Crippen LogP contribution in [0.1, 0.15) is 10.5 Å². The van der Waals surface area contributed by atoms with E-state index >= 15 is 0 Å². The third-order valence-corrected chi connectivity index (χ3v) is 1.72. The SMILES string of the molecule is Cn1ncc([N+](=O)[O-])c1C(=O)NCC(=O)[O-]. The maximum atomic E-state index is 11.4. The molecule has 0 aromatic carbocycles. The van der Waals surface area contributed by atoms with Gasteiger partial charge in [-0.2, -0.15) is 5.10 Å². The Bertz CT molecular complexity index is 452. The van der Waals surface area contributed by atoms with Crippen molar-refractivity contribution in [3.05, 3.63) is 22.0 Å². The number of amides is 1. The summed E-state index contributed by atoms with van der Waals surface area (Å²) in [6.07, 6.45) is 0.911. The molecule has 0 aliphatic rings. The minimum Gasteiger partial charge on any atom is -0.548 e. The summed E-state index contributed by atoms with van der Waals surface area (Å²) in [4.78, 5) is 31.2. The van der Waals surface area contributed by atoms with Gasteiger partial charge in [0, 0.05) is 7.05 Å². The van der Waals surface area contributed by atoms with Crippen molar-refractivity contribution in [3.8, 4) is 0 Å². The Hall–Kier alpha value is -2.45. The zero-order chi connectivity index (χ0) is 12.3. The van der Waals surface area contributed by atoms with Crippen LogP contribution in [0.2, 0.25) is 0 Å². The topological polar surface area (TPSA) is 130 Å². The molecule has 9 heteroatoms. The summed E-state index contributed by atoms with van der Waals surface area (Å²) in [5, 5.41) is 26.1. The second kappa shape index (κ2) is 4.38. The number of hydrogen-bond acceptors (Lipinski definition) is 6. The fraction of sp³-hybridized carbons (Fsp3) is 0.286. The molecule has 1 N–H and O–H groups in total. The lowest BCUT2D eigenvalue weighted by atomic mass is 10.3. The molecule has 86 valence electrons. The Morgan fingerprint density at radius 3 is 2.75 bits per heavy atom. The first-order valence-electron chi connectivity index (χ1n) is 4.08. The van der Waals surface area contributed by atoms with E-state index in [0.717, 1.165) is 10.9 Å². The molecular weight excluding hydrogens is 220 g/mol. The summed E-state index contributed by atoms with van der Waals surface area (Å²) in [6, 6.07) is 0. The highest BCUT2D eigenvalue weighted by Gasteiger charge is 2.24. The van der Waals surface area contributed by atoms with Gasteiger partial charge >= 0.3 is 5.69 Å². The standard InChI is InChI=1S/C7H8N4O5/c1-10-6(4(2-9-10)11(15)16)7(14)8-3-5(12)13/h2H,3H2,1H3,(H,8,14)(H,12,13)/p-1. The summed E-state index contributed by atoms with van der Waals surface area (Å²) in [6.45, 7) is -0.721. The van der Waals surface area contributed by atoms with E-state index in [-0.39, 0.29) is 5.69 Å². The molecule has 0 radical (unpaired) electrons. The highest BCUT2D eigenvalue weighted by atomic mass is 16.6. The first-order valence-corrected chi connectivity index (χ1v) is 4.08. The van der Waals surface area contributed by atoms with Crippen molar-refractivity contribution in [2.45, 2.75) is 0 Å². The highest BCUT2D eigenvalue weighted by molar-refractivity contribution is 5.97. The molecule has 0 aliphatic heterocycles. The van der Waals surface area contributed by atoms with Crippen LogP contribution in [0.15, 0.2) is 6.20 Å². The lowest BCUT2D eigenvalue weighted by molar-refractivity contribution is -0.385. The molecule has 0 atom stereocenters. The van der Waals surface area contributed by atoms with Crippen molar-refractivity contribution >= 4 is 17.6 Å².